The first-order valence-corrected chi connectivity index (χ1v) is 35.8. The van der Waals surface area contributed by atoms with Crippen molar-refractivity contribution in [3.8, 4) is 0 Å². The molecular formula is C72H131NO8P+. The molecule has 2 atom stereocenters. The number of nitrogens with zero attached hydrogens (tertiary/aromatic N) is 1. The van der Waals surface area contributed by atoms with Crippen LogP contribution in [0.1, 0.15) is 309 Å². The van der Waals surface area contributed by atoms with Crippen LogP contribution in [0.4, 0.5) is 0 Å². The second-order valence-corrected chi connectivity index (χ2v) is 25.6. The molecule has 0 aromatic heterocycles. The summed E-state index contributed by atoms with van der Waals surface area (Å²) in [4.78, 5) is 35.8. The van der Waals surface area contributed by atoms with E-state index in [-0.39, 0.29) is 32.0 Å². The highest BCUT2D eigenvalue weighted by Gasteiger charge is 2.27. The molecule has 82 heavy (non-hydrogen) atoms. The molecular weight excluding hydrogens is 1040 g/mol. The first-order chi connectivity index (χ1) is 40.0. The van der Waals surface area contributed by atoms with Crippen LogP contribution in [0.15, 0.2) is 85.1 Å². The van der Waals surface area contributed by atoms with Gasteiger partial charge in [-0.2, -0.15) is 0 Å². The molecule has 0 aliphatic carbocycles. The quantitative estimate of drug-likeness (QED) is 0.0211. The highest BCUT2D eigenvalue weighted by atomic mass is 31.2. The molecule has 0 amide bonds. The molecule has 0 aliphatic rings. The number of hydrogen-bond acceptors (Lipinski definition) is 7. The van der Waals surface area contributed by atoms with E-state index in [1.165, 1.54) is 193 Å². The van der Waals surface area contributed by atoms with Crippen molar-refractivity contribution in [1.82, 2.24) is 0 Å². The normalized spacial score (nSPS) is 13.7. The third-order valence-electron chi connectivity index (χ3n) is 14.9. The largest absolute Gasteiger partial charge is 0.472 e. The van der Waals surface area contributed by atoms with E-state index in [2.05, 4.69) is 98.9 Å². The van der Waals surface area contributed by atoms with Gasteiger partial charge in [0.2, 0.25) is 0 Å². The Morgan fingerprint density at radius 3 is 1.04 bits per heavy atom. The predicted octanol–water partition coefficient (Wildman–Crippen LogP) is 22.2. The van der Waals surface area contributed by atoms with E-state index in [0.717, 1.165) is 83.5 Å². The molecule has 0 rings (SSSR count). The number of rotatable bonds is 63. The minimum atomic E-state index is -4.40. The van der Waals surface area contributed by atoms with Gasteiger partial charge in [-0.15, -0.1) is 0 Å². The minimum Gasteiger partial charge on any atom is -0.462 e. The lowest BCUT2D eigenvalue weighted by atomic mass is 10.0. The second kappa shape index (κ2) is 62.7. The molecule has 0 heterocycles. The van der Waals surface area contributed by atoms with Gasteiger partial charge in [-0.05, 0) is 89.9 Å². The molecule has 0 saturated carbocycles. The van der Waals surface area contributed by atoms with Crippen LogP contribution in [0.2, 0.25) is 0 Å². The topological polar surface area (TPSA) is 108 Å². The van der Waals surface area contributed by atoms with Crippen molar-refractivity contribution in [2.75, 3.05) is 47.5 Å². The van der Waals surface area contributed by atoms with Gasteiger partial charge in [-0.25, -0.2) is 4.57 Å². The monoisotopic (exact) mass is 1170 g/mol. The number of unbranched alkanes of at least 4 members (excludes halogenated alkanes) is 35. The molecule has 0 fully saturated rings. The molecule has 0 aromatic carbocycles. The molecule has 0 aromatic rings. The van der Waals surface area contributed by atoms with Gasteiger partial charge in [0.25, 0.3) is 0 Å². The fraction of sp³-hybridized carbons (Fsp3) is 0.778. The van der Waals surface area contributed by atoms with Gasteiger partial charge >= 0.3 is 19.8 Å². The summed E-state index contributed by atoms with van der Waals surface area (Å²) in [5.74, 6) is -0.796. The summed E-state index contributed by atoms with van der Waals surface area (Å²) in [7, 11) is 1.48. The summed E-state index contributed by atoms with van der Waals surface area (Å²) in [6.45, 7) is 4.34. The molecule has 1 N–H and O–H groups in total. The Morgan fingerprint density at radius 2 is 0.695 bits per heavy atom. The van der Waals surface area contributed by atoms with E-state index in [9.17, 15) is 19.0 Å². The molecule has 0 saturated heterocycles. The van der Waals surface area contributed by atoms with E-state index < -0.39 is 26.5 Å². The summed E-state index contributed by atoms with van der Waals surface area (Å²) in [5.41, 5.74) is 0. The summed E-state index contributed by atoms with van der Waals surface area (Å²) in [6, 6.07) is 0. The Kier molecular flexibility index (Phi) is 60.6. The Hall–Kier alpha value is -2.81. The standard InChI is InChI=1S/C72H130NO8P/c1-6-8-10-12-14-16-18-20-22-24-26-28-30-32-33-34-35-36-37-38-39-41-42-44-46-48-50-52-54-56-58-60-62-64-71(74)78-68-70(69-80-82(76,77)79-67-66-73(3,4)5)81-72(75)65-63-61-59-57-55-53-51-49-47-45-43-40-31-29-27-25-23-21-19-17-15-13-11-9-7-2/h9,11,15,17-18,20-21,23-24,26-27,29,40,43,70H,6-8,10,12-14,16,19,22,25,28,30-39,41-42,44-69H2,1-5H3/p+1/b11-9-,17-15-,20-18-,23-21-,26-24-,29-27-,43-40-. The third-order valence-corrected chi connectivity index (χ3v) is 15.9. The van der Waals surface area contributed by atoms with E-state index >= 15 is 0 Å². The van der Waals surface area contributed by atoms with E-state index in [4.69, 9.17) is 18.5 Å². The number of carbonyl (C=O) groups excluding carboxylic acids is 2. The maximum atomic E-state index is 12.9. The van der Waals surface area contributed by atoms with Crippen molar-refractivity contribution in [3.63, 3.8) is 0 Å². The van der Waals surface area contributed by atoms with Crippen LogP contribution in [0.25, 0.3) is 0 Å². The number of hydrogen-bond donors (Lipinski definition) is 1. The maximum Gasteiger partial charge on any atom is 0.472 e. The van der Waals surface area contributed by atoms with Crippen LogP contribution >= 0.6 is 7.82 Å². The number of quaternary nitrogens is 1. The number of allylic oxidation sites excluding steroid dienone is 14. The zero-order valence-electron chi connectivity index (χ0n) is 54.2. The van der Waals surface area contributed by atoms with Crippen LogP contribution < -0.4 is 0 Å². The maximum absolute atomic E-state index is 12.9. The molecule has 0 spiro atoms. The predicted molar refractivity (Wildman–Crippen MR) is 353 cm³/mol. The van der Waals surface area contributed by atoms with Crippen molar-refractivity contribution < 1.29 is 42.1 Å². The number of esters is 2. The molecule has 0 radical (unpaired) electrons. The van der Waals surface area contributed by atoms with Gasteiger partial charge in [0.1, 0.15) is 19.8 Å². The average molecular weight is 1170 g/mol. The highest BCUT2D eigenvalue weighted by Crippen LogP contribution is 2.43. The Morgan fingerprint density at radius 1 is 0.390 bits per heavy atom. The van der Waals surface area contributed by atoms with Gasteiger partial charge in [0.05, 0.1) is 27.7 Å². The molecule has 2 unspecified atom stereocenters. The summed E-state index contributed by atoms with van der Waals surface area (Å²) >= 11 is 0. The number of likely N-dealkylation sites (N-methyl/N-ethyl adjacent to an activating group) is 1. The summed E-state index contributed by atoms with van der Waals surface area (Å²) < 4.78 is 34.7. The lowest BCUT2D eigenvalue weighted by Crippen LogP contribution is -2.37. The zero-order valence-corrected chi connectivity index (χ0v) is 55.1. The lowest BCUT2D eigenvalue weighted by molar-refractivity contribution is -0.870. The van der Waals surface area contributed by atoms with Crippen LogP contribution in [-0.4, -0.2) is 74.9 Å². The fourth-order valence-corrected chi connectivity index (χ4v) is 10.4. The number of phosphoric acid groups is 1. The van der Waals surface area contributed by atoms with Crippen LogP contribution in [0.5, 0.6) is 0 Å². The minimum absolute atomic E-state index is 0.0284. The summed E-state index contributed by atoms with van der Waals surface area (Å²) in [6.07, 6.45) is 85.4. The van der Waals surface area contributed by atoms with Crippen molar-refractivity contribution in [1.29, 1.82) is 0 Å². The second-order valence-electron chi connectivity index (χ2n) is 24.2. The first kappa shape index (κ1) is 79.2. The SMILES string of the molecule is CC/C=C\C/C=C\C/C=C\C/C=C\C/C=C\CCCCCCCCCCCC(=O)OC(COC(=O)CCCCCCCCCCCCCCCCCCCCCCC/C=C\C/C=C\CCCCCCC)COP(=O)(O)OCC[N+](C)(C)C. The van der Waals surface area contributed by atoms with Crippen molar-refractivity contribution >= 4 is 19.8 Å². The van der Waals surface area contributed by atoms with Gasteiger partial charge in [0.15, 0.2) is 6.10 Å². The van der Waals surface area contributed by atoms with E-state index in [1.807, 2.05) is 21.1 Å². The van der Waals surface area contributed by atoms with Crippen LogP contribution in [0.3, 0.4) is 0 Å². The molecule has 476 valence electrons. The van der Waals surface area contributed by atoms with E-state index in [0.29, 0.717) is 17.4 Å². The van der Waals surface area contributed by atoms with Crippen LogP contribution in [-0.2, 0) is 32.7 Å². The first-order valence-electron chi connectivity index (χ1n) is 34.3. The summed E-state index contributed by atoms with van der Waals surface area (Å²) in [5, 5.41) is 0. The smallest absolute Gasteiger partial charge is 0.462 e. The molecule has 0 aliphatic heterocycles. The zero-order chi connectivity index (χ0) is 59.8. The van der Waals surface area contributed by atoms with Crippen LogP contribution in [0, 0.1) is 0 Å². The molecule has 0 bridgehead atoms. The highest BCUT2D eigenvalue weighted by molar-refractivity contribution is 7.47. The average Bonchev–Trinajstić information content (AvgIpc) is 3.46. The molecule has 10 heteroatoms. The third kappa shape index (κ3) is 66.3. The van der Waals surface area contributed by atoms with E-state index in [1.54, 1.807) is 0 Å². The van der Waals surface area contributed by atoms with Gasteiger partial charge < -0.3 is 18.9 Å². The number of ether oxygens (including phenoxy) is 2. The number of phosphoric ester groups is 1. The number of carbonyl (C=O) groups is 2. The van der Waals surface area contributed by atoms with Gasteiger partial charge in [0, 0.05) is 12.8 Å². The van der Waals surface area contributed by atoms with Gasteiger partial charge in [-0.1, -0.05) is 292 Å². The van der Waals surface area contributed by atoms with Crippen molar-refractivity contribution in [2.45, 2.75) is 315 Å². The van der Waals surface area contributed by atoms with Crippen molar-refractivity contribution in [2.24, 2.45) is 0 Å². The Labute approximate surface area is 507 Å². The molecule has 9 nitrogen and oxygen atoms in total. The van der Waals surface area contributed by atoms with Crippen molar-refractivity contribution in [3.05, 3.63) is 85.1 Å². The lowest BCUT2D eigenvalue weighted by Gasteiger charge is -2.24. The Bertz CT molecular complexity index is 1660. The van der Waals surface area contributed by atoms with Gasteiger partial charge in [-0.3, -0.25) is 18.6 Å². The fourth-order valence-electron chi connectivity index (χ4n) is 9.66. The Balaban J connectivity index is 4.03.